The average molecular weight is 280 g/mol. The van der Waals surface area contributed by atoms with Crippen molar-refractivity contribution in [3.05, 3.63) is 0 Å². The maximum absolute atomic E-state index is 12.5. The first-order valence-electron chi connectivity index (χ1n) is 7.83. The molecule has 5 nitrogen and oxygen atoms in total. The Balaban J connectivity index is 1.62. The number of nitrogens with one attached hydrogen (secondary N) is 1. The van der Waals surface area contributed by atoms with Crippen LogP contribution in [-0.4, -0.2) is 47.1 Å². The summed E-state index contributed by atoms with van der Waals surface area (Å²) in [6.07, 6.45) is 4.73. The predicted octanol–water partition coefficient (Wildman–Crippen LogP) is 1.09. The van der Waals surface area contributed by atoms with Crippen molar-refractivity contribution in [3.8, 4) is 0 Å². The van der Waals surface area contributed by atoms with E-state index in [1.807, 2.05) is 6.92 Å². The summed E-state index contributed by atoms with van der Waals surface area (Å²) in [6.45, 7) is 4.26. The van der Waals surface area contributed by atoms with E-state index in [0.717, 1.165) is 25.9 Å². The zero-order chi connectivity index (χ0) is 14.3. The van der Waals surface area contributed by atoms with Crippen molar-refractivity contribution in [2.75, 3.05) is 13.1 Å². The minimum absolute atomic E-state index is 0.0273. The van der Waals surface area contributed by atoms with Crippen molar-refractivity contribution >= 4 is 11.9 Å². The number of rotatable bonds is 3. The van der Waals surface area contributed by atoms with Crippen molar-refractivity contribution in [1.82, 2.24) is 10.2 Å². The third kappa shape index (κ3) is 2.43. The number of amides is 1. The lowest BCUT2D eigenvalue weighted by Gasteiger charge is -2.24. The van der Waals surface area contributed by atoms with Crippen LogP contribution in [0.15, 0.2) is 0 Å². The zero-order valence-electron chi connectivity index (χ0n) is 12.0. The molecule has 0 spiro atoms. The van der Waals surface area contributed by atoms with Gasteiger partial charge in [-0.25, -0.2) is 0 Å². The number of hydrogen-bond donors (Lipinski definition) is 2. The van der Waals surface area contributed by atoms with E-state index in [4.69, 9.17) is 0 Å². The molecule has 3 rings (SSSR count). The molecule has 3 fully saturated rings. The highest BCUT2D eigenvalue weighted by atomic mass is 16.4. The zero-order valence-corrected chi connectivity index (χ0v) is 12.0. The first kappa shape index (κ1) is 13.9. The summed E-state index contributed by atoms with van der Waals surface area (Å²) in [6, 6.07) is 0.719. The second-order valence-electron chi connectivity index (χ2n) is 6.78. The number of carboxylic acid groups (broad SMARTS) is 1. The minimum Gasteiger partial charge on any atom is -0.481 e. The first-order valence-corrected chi connectivity index (χ1v) is 7.83. The van der Waals surface area contributed by atoms with E-state index in [0.29, 0.717) is 24.8 Å². The van der Waals surface area contributed by atoms with E-state index >= 15 is 0 Å². The van der Waals surface area contributed by atoms with Crippen LogP contribution in [0, 0.1) is 17.8 Å². The predicted molar refractivity (Wildman–Crippen MR) is 74.2 cm³/mol. The summed E-state index contributed by atoms with van der Waals surface area (Å²) >= 11 is 0. The van der Waals surface area contributed by atoms with Gasteiger partial charge >= 0.3 is 5.97 Å². The van der Waals surface area contributed by atoms with Gasteiger partial charge in [-0.05, 0) is 44.6 Å². The van der Waals surface area contributed by atoms with E-state index in [-0.39, 0.29) is 17.9 Å². The van der Waals surface area contributed by atoms with Crippen molar-refractivity contribution < 1.29 is 14.7 Å². The Morgan fingerprint density at radius 2 is 1.90 bits per heavy atom. The van der Waals surface area contributed by atoms with Crippen LogP contribution in [0.5, 0.6) is 0 Å². The summed E-state index contributed by atoms with van der Waals surface area (Å²) < 4.78 is 0. The summed E-state index contributed by atoms with van der Waals surface area (Å²) in [7, 11) is 0. The molecule has 1 amide bonds. The molecule has 0 radical (unpaired) electrons. The van der Waals surface area contributed by atoms with Crippen molar-refractivity contribution in [2.45, 2.75) is 51.1 Å². The van der Waals surface area contributed by atoms with Gasteiger partial charge in [0, 0.05) is 18.6 Å². The molecule has 3 aliphatic rings. The van der Waals surface area contributed by atoms with Crippen LogP contribution >= 0.6 is 0 Å². The molecule has 5 atom stereocenters. The number of nitrogens with zero attached hydrogens (tertiary/aromatic N) is 1. The van der Waals surface area contributed by atoms with Gasteiger partial charge in [0.25, 0.3) is 0 Å². The molecule has 0 aromatic rings. The number of carboxylic acids is 1. The van der Waals surface area contributed by atoms with Crippen LogP contribution in [0.3, 0.4) is 0 Å². The average Bonchev–Trinajstić information content (AvgIpc) is 3.05. The molecule has 2 saturated heterocycles. The van der Waals surface area contributed by atoms with Crippen LogP contribution in [0.2, 0.25) is 0 Å². The van der Waals surface area contributed by atoms with Crippen LogP contribution < -0.4 is 5.32 Å². The fourth-order valence-electron chi connectivity index (χ4n) is 4.40. The van der Waals surface area contributed by atoms with Gasteiger partial charge in [0.2, 0.25) is 5.91 Å². The molecule has 0 bridgehead atoms. The van der Waals surface area contributed by atoms with E-state index in [1.165, 1.54) is 6.42 Å². The van der Waals surface area contributed by atoms with Crippen molar-refractivity contribution in [1.29, 1.82) is 0 Å². The SMILES string of the molecule is CC1CC(C(=O)O)C(C(=O)NC2CCN3CCCC23)C1. The molecule has 2 aliphatic heterocycles. The summed E-state index contributed by atoms with van der Waals surface area (Å²) in [5, 5.41) is 12.4. The largest absolute Gasteiger partial charge is 0.481 e. The smallest absolute Gasteiger partial charge is 0.307 e. The van der Waals surface area contributed by atoms with Gasteiger partial charge in [-0.15, -0.1) is 0 Å². The number of hydrogen-bond acceptors (Lipinski definition) is 3. The minimum atomic E-state index is -0.816. The monoisotopic (exact) mass is 280 g/mol. The Labute approximate surface area is 119 Å². The van der Waals surface area contributed by atoms with Crippen molar-refractivity contribution in [2.24, 2.45) is 17.8 Å². The van der Waals surface area contributed by atoms with Gasteiger partial charge in [0.05, 0.1) is 11.8 Å². The summed E-state index contributed by atoms with van der Waals surface area (Å²) in [5.74, 6) is -1.34. The Morgan fingerprint density at radius 3 is 2.65 bits per heavy atom. The molecule has 112 valence electrons. The van der Waals surface area contributed by atoms with Gasteiger partial charge in [-0.2, -0.15) is 0 Å². The molecule has 2 heterocycles. The molecule has 1 saturated carbocycles. The second kappa shape index (κ2) is 5.35. The lowest BCUT2D eigenvalue weighted by molar-refractivity contribution is -0.146. The fraction of sp³-hybridized carbons (Fsp3) is 0.867. The van der Waals surface area contributed by atoms with E-state index in [2.05, 4.69) is 10.2 Å². The standard InChI is InChI=1S/C15H24N2O3/c1-9-7-10(11(8-9)15(19)20)14(18)16-12-4-6-17-5-2-3-13(12)17/h9-13H,2-8H2,1H3,(H,16,18)(H,19,20). The van der Waals surface area contributed by atoms with E-state index in [9.17, 15) is 14.7 Å². The molecule has 5 heteroatoms. The van der Waals surface area contributed by atoms with Gasteiger partial charge in [0.15, 0.2) is 0 Å². The highest BCUT2D eigenvalue weighted by Gasteiger charge is 2.44. The van der Waals surface area contributed by atoms with Crippen LogP contribution in [0.4, 0.5) is 0 Å². The van der Waals surface area contributed by atoms with Gasteiger partial charge in [0.1, 0.15) is 0 Å². The molecule has 1 aliphatic carbocycles. The highest BCUT2D eigenvalue weighted by molar-refractivity contribution is 5.85. The van der Waals surface area contributed by atoms with Crippen molar-refractivity contribution in [3.63, 3.8) is 0 Å². The Morgan fingerprint density at radius 1 is 1.15 bits per heavy atom. The van der Waals surface area contributed by atoms with Gasteiger partial charge < -0.3 is 10.4 Å². The second-order valence-corrected chi connectivity index (χ2v) is 6.78. The highest BCUT2D eigenvalue weighted by Crippen LogP contribution is 2.37. The van der Waals surface area contributed by atoms with E-state index < -0.39 is 11.9 Å². The Hall–Kier alpha value is -1.10. The van der Waals surface area contributed by atoms with Crippen LogP contribution in [0.25, 0.3) is 0 Å². The fourth-order valence-corrected chi connectivity index (χ4v) is 4.40. The number of aliphatic carboxylic acids is 1. The normalized spacial score (nSPS) is 40.8. The van der Waals surface area contributed by atoms with E-state index in [1.54, 1.807) is 0 Å². The lowest BCUT2D eigenvalue weighted by Crippen LogP contribution is -2.46. The number of fused-ring (bicyclic) bond motifs is 1. The molecule has 2 N–H and O–H groups in total. The molecule has 5 unspecified atom stereocenters. The number of carbonyl (C=O) groups excluding carboxylic acids is 1. The summed E-state index contributed by atoms with van der Waals surface area (Å²) in [5.41, 5.74) is 0. The topological polar surface area (TPSA) is 69.6 Å². The quantitative estimate of drug-likeness (QED) is 0.812. The van der Waals surface area contributed by atoms with Crippen LogP contribution in [-0.2, 0) is 9.59 Å². The Kier molecular flexibility index (Phi) is 3.71. The van der Waals surface area contributed by atoms with Crippen LogP contribution in [0.1, 0.15) is 39.0 Å². The lowest BCUT2D eigenvalue weighted by atomic mass is 9.94. The molecular weight excluding hydrogens is 256 g/mol. The van der Waals surface area contributed by atoms with Gasteiger partial charge in [-0.1, -0.05) is 6.92 Å². The van der Waals surface area contributed by atoms with Gasteiger partial charge in [-0.3, -0.25) is 14.5 Å². The number of carbonyl (C=O) groups is 2. The maximum atomic E-state index is 12.5. The third-order valence-corrected chi connectivity index (χ3v) is 5.39. The molecule has 20 heavy (non-hydrogen) atoms. The Bertz CT molecular complexity index is 412. The molecule has 0 aromatic carbocycles. The maximum Gasteiger partial charge on any atom is 0.307 e. The third-order valence-electron chi connectivity index (χ3n) is 5.39. The first-order chi connectivity index (χ1) is 9.56. The molecular formula is C15H24N2O3. The molecule has 0 aromatic heterocycles. The summed E-state index contributed by atoms with van der Waals surface area (Å²) in [4.78, 5) is 26.2.